The molecule has 1 N–H and O–H groups in total. The molecule has 2 aromatic heterocycles. The number of halogens is 3. The highest BCUT2D eigenvalue weighted by molar-refractivity contribution is 5.94. The van der Waals surface area contributed by atoms with Crippen LogP contribution in [0.3, 0.4) is 0 Å². The predicted octanol–water partition coefficient (Wildman–Crippen LogP) is 2.36. The van der Waals surface area contributed by atoms with E-state index >= 15 is 0 Å². The maximum absolute atomic E-state index is 12.5. The third kappa shape index (κ3) is 1.83. The maximum Gasteiger partial charge on any atom is 0.433 e. The van der Waals surface area contributed by atoms with Crippen LogP contribution in [0.15, 0.2) is 18.3 Å². The van der Waals surface area contributed by atoms with Crippen molar-refractivity contribution >= 4 is 11.6 Å². The molecule has 17 heavy (non-hydrogen) atoms. The summed E-state index contributed by atoms with van der Waals surface area (Å²) in [5.41, 5.74) is -1.28. The average Bonchev–Trinajstić information content (AvgIpc) is 2.60. The molecule has 0 radical (unpaired) electrons. The molecule has 0 amide bonds. The predicted molar refractivity (Wildman–Crippen MR) is 51.9 cm³/mol. The minimum atomic E-state index is -4.59. The molecule has 4 nitrogen and oxygen atoms in total. The molecule has 2 rings (SSSR count). The van der Waals surface area contributed by atoms with Gasteiger partial charge in [0, 0.05) is 11.9 Å². The van der Waals surface area contributed by atoms with Gasteiger partial charge in [-0.1, -0.05) is 0 Å². The lowest BCUT2D eigenvalue weighted by Gasteiger charge is -2.08. The van der Waals surface area contributed by atoms with Crippen LogP contribution in [0.25, 0.3) is 5.65 Å². The zero-order chi connectivity index (χ0) is 12.8. The Morgan fingerprint density at radius 1 is 1.47 bits per heavy atom. The average molecular weight is 244 g/mol. The van der Waals surface area contributed by atoms with Crippen molar-refractivity contribution in [3.05, 3.63) is 35.3 Å². The molecular formula is C10H7F3N2O2. The number of carboxylic acids is 1. The summed E-state index contributed by atoms with van der Waals surface area (Å²) >= 11 is 0. The first kappa shape index (κ1) is 11.4. The summed E-state index contributed by atoms with van der Waals surface area (Å²) in [6.07, 6.45) is -3.21. The summed E-state index contributed by atoms with van der Waals surface area (Å²) in [6, 6.07) is 2.09. The molecule has 0 aliphatic carbocycles. The molecular weight excluding hydrogens is 237 g/mol. The van der Waals surface area contributed by atoms with Crippen molar-refractivity contribution in [3.8, 4) is 0 Å². The summed E-state index contributed by atoms with van der Waals surface area (Å²) in [7, 11) is 0. The van der Waals surface area contributed by atoms with E-state index in [0.29, 0.717) is 0 Å². The van der Waals surface area contributed by atoms with Gasteiger partial charge >= 0.3 is 12.1 Å². The van der Waals surface area contributed by atoms with E-state index in [1.54, 1.807) is 0 Å². The van der Waals surface area contributed by atoms with Gasteiger partial charge in [-0.15, -0.1) is 0 Å². The molecule has 0 saturated carbocycles. The summed E-state index contributed by atoms with van der Waals surface area (Å²) in [5, 5.41) is 8.82. The lowest BCUT2D eigenvalue weighted by molar-refractivity contribution is -0.141. The molecule has 0 aliphatic heterocycles. The number of fused-ring (bicyclic) bond motifs is 1. The summed E-state index contributed by atoms with van der Waals surface area (Å²) in [4.78, 5) is 14.2. The quantitative estimate of drug-likeness (QED) is 0.837. The molecule has 0 saturated heterocycles. The second kappa shape index (κ2) is 3.47. The van der Waals surface area contributed by atoms with E-state index in [2.05, 4.69) is 4.98 Å². The zero-order valence-electron chi connectivity index (χ0n) is 8.62. The van der Waals surface area contributed by atoms with Crippen molar-refractivity contribution in [3.63, 3.8) is 0 Å². The molecule has 0 fully saturated rings. The van der Waals surface area contributed by atoms with Crippen LogP contribution in [-0.2, 0) is 6.18 Å². The number of aromatic nitrogens is 2. The molecule has 0 atom stereocenters. The normalized spacial score (nSPS) is 12.0. The lowest BCUT2D eigenvalue weighted by atomic mass is 10.3. The van der Waals surface area contributed by atoms with Gasteiger partial charge in [0.2, 0.25) is 0 Å². The van der Waals surface area contributed by atoms with Crippen molar-refractivity contribution in [1.29, 1.82) is 0 Å². The highest BCUT2D eigenvalue weighted by Gasteiger charge is 2.33. The Balaban J connectivity index is 2.78. The fourth-order valence-electron chi connectivity index (χ4n) is 1.55. The molecule has 7 heteroatoms. The van der Waals surface area contributed by atoms with Crippen LogP contribution in [0.5, 0.6) is 0 Å². The minimum Gasteiger partial charge on any atom is -0.478 e. The van der Waals surface area contributed by atoms with Gasteiger partial charge in [0.05, 0.1) is 0 Å². The van der Waals surface area contributed by atoms with Crippen LogP contribution in [0.1, 0.15) is 21.7 Å². The van der Waals surface area contributed by atoms with E-state index in [9.17, 15) is 18.0 Å². The molecule has 90 valence electrons. The van der Waals surface area contributed by atoms with Gasteiger partial charge in [-0.05, 0) is 19.1 Å². The van der Waals surface area contributed by atoms with Gasteiger partial charge < -0.3 is 9.51 Å². The molecule has 0 bridgehead atoms. The summed E-state index contributed by atoms with van der Waals surface area (Å²) in [6.45, 7) is 1.45. The smallest absolute Gasteiger partial charge is 0.433 e. The second-order valence-electron chi connectivity index (χ2n) is 3.51. The third-order valence-corrected chi connectivity index (χ3v) is 2.33. The van der Waals surface area contributed by atoms with E-state index in [1.165, 1.54) is 23.6 Å². The SMILES string of the molecule is Cc1cc(C(F)(F)F)nc2c(C(=O)O)ccn12. The topological polar surface area (TPSA) is 54.6 Å². The van der Waals surface area contributed by atoms with Crippen LogP contribution < -0.4 is 0 Å². The maximum atomic E-state index is 12.5. The highest BCUT2D eigenvalue weighted by Crippen LogP contribution is 2.29. The third-order valence-electron chi connectivity index (χ3n) is 2.33. The van der Waals surface area contributed by atoms with Crippen LogP contribution in [0.2, 0.25) is 0 Å². The number of hydrogen-bond acceptors (Lipinski definition) is 2. The van der Waals surface area contributed by atoms with Crippen LogP contribution in [0, 0.1) is 6.92 Å². The Morgan fingerprint density at radius 3 is 2.65 bits per heavy atom. The van der Waals surface area contributed by atoms with Crippen LogP contribution >= 0.6 is 0 Å². The Labute approximate surface area is 93.3 Å². The Morgan fingerprint density at radius 2 is 2.12 bits per heavy atom. The Hall–Kier alpha value is -2.05. The van der Waals surface area contributed by atoms with Crippen molar-refractivity contribution in [2.24, 2.45) is 0 Å². The summed E-state index contributed by atoms with van der Waals surface area (Å²) < 4.78 is 38.9. The minimum absolute atomic E-state index is 0.204. The monoisotopic (exact) mass is 244 g/mol. The standard InChI is InChI=1S/C10H7F3N2O2/c1-5-4-7(10(11,12)13)14-8-6(9(16)17)2-3-15(5)8/h2-4H,1H3,(H,16,17). The number of aryl methyl sites for hydroxylation is 1. The first-order chi connectivity index (χ1) is 7.80. The summed E-state index contributed by atoms with van der Waals surface area (Å²) in [5.74, 6) is -1.31. The number of aromatic carboxylic acids is 1. The molecule has 2 heterocycles. The first-order valence-corrected chi connectivity index (χ1v) is 4.60. The number of carboxylic acid groups (broad SMARTS) is 1. The van der Waals surface area contributed by atoms with Crippen molar-refractivity contribution < 1.29 is 23.1 Å². The van der Waals surface area contributed by atoms with Crippen molar-refractivity contribution in [2.75, 3.05) is 0 Å². The number of carbonyl (C=O) groups is 1. The van der Waals surface area contributed by atoms with E-state index in [0.717, 1.165) is 6.07 Å². The Kier molecular flexibility index (Phi) is 2.34. The fraction of sp³-hybridized carbons (Fsp3) is 0.200. The largest absolute Gasteiger partial charge is 0.478 e. The van der Waals surface area contributed by atoms with Gasteiger partial charge in [0.1, 0.15) is 11.3 Å². The van der Waals surface area contributed by atoms with E-state index in [-0.39, 0.29) is 16.9 Å². The first-order valence-electron chi connectivity index (χ1n) is 4.60. The fourth-order valence-corrected chi connectivity index (χ4v) is 1.55. The molecule has 0 aliphatic rings. The molecule has 0 spiro atoms. The molecule has 0 aromatic carbocycles. The van der Waals surface area contributed by atoms with Gasteiger partial charge in [-0.3, -0.25) is 0 Å². The van der Waals surface area contributed by atoms with E-state index in [4.69, 9.17) is 5.11 Å². The zero-order valence-corrected chi connectivity index (χ0v) is 8.62. The van der Waals surface area contributed by atoms with Crippen molar-refractivity contribution in [1.82, 2.24) is 9.38 Å². The lowest BCUT2D eigenvalue weighted by Crippen LogP contribution is -2.11. The van der Waals surface area contributed by atoms with Gasteiger partial charge in [0.15, 0.2) is 5.65 Å². The van der Waals surface area contributed by atoms with E-state index < -0.39 is 17.8 Å². The van der Waals surface area contributed by atoms with Gasteiger partial charge in [-0.25, -0.2) is 9.78 Å². The second-order valence-corrected chi connectivity index (χ2v) is 3.51. The van der Waals surface area contributed by atoms with Crippen molar-refractivity contribution in [2.45, 2.75) is 13.1 Å². The van der Waals surface area contributed by atoms with E-state index in [1.807, 2.05) is 0 Å². The number of hydrogen-bond donors (Lipinski definition) is 1. The van der Waals surface area contributed by atoms with Gasteiger partial charge in [-0.2, -0.15) is 13.2 Å². The number of nitrogens with zero attached hydrogens (tertiary/aromatic N) is 2. The number of rotatable bonds is 1. The number of alkyl halides is 3. The van der Waals surface area contributed by atoms with Gasteiger partial charge in [0.25, 0.3) is 0 Å². The Bertz CT molecular complexity index is 601. The highest BCUT2D eigenvalue weighted by atomic mass is 19.4. The molecule has 0 unspecified atom stereocenters. The molecule has 2 aromatic rings. The van der Waals surface area contributed by atoms with Crippen LogP contribution in [0.4, 0.5) is 13.2 Å². The van der Waals surface area contributed by atoms with Crippen LogP contribution in [-0.4, -0.2) is 20.5 Å².